The molecule has 2 atom stereocenters. The van der Waals surface area contributed by atoms with Crippen molar-refractivity contribution in [2.45, 2.75) is 44.9 Å². The minimum absolute atomic E-state index is 0.0157. The first kappa shape index (κ1) is 21.2. The zero-order valence-electron chi connectivity index (χ0n) is 13.1. The van der Waals surface area contributed by atoms with Crippen LogP contribution in [0.2, 0.25) is 0 Å². The van der Waals surface area contributed by atoms with Gasteiger partial charge >= 0.3 is 11.9 Å². The molecule has 0 fully saturated rings. The molecule has 23 heavy (non-hydrogen) atoms. The molecule has 0 aromatic rings. The van der Waals surface area contributed by atoms with E-state index in [-0.39, 0.29) is 31.2 Å². The average molecular weight is 349 g/mol. The number of esters is 1. The van der Waals surface area contributed by atoms with E-state index in [4.69, 9.17) is 15.6 Å². The Morgan fingerprint density at radius 3 is 2.35 bits per heavy atom. The number of thiol groups is 1. The van der Waals surface area contributed by atoms with Crippen LogP contribution in [0.5, 0.6) is 0 Å². The van der Waals surface area contributed by atoms with Crippen LogP contribution in [-0.2, 0) is 23.9 Å². The fraction of sp³-hybridized carbons (Fsp3) is 0.692. The molecule has 0 aliphatic rings. The van der Waals surface area contributed by atoms with Crippen molar-refractivity contribution in [2.75, 3.05) is 12.3 Å². The van der Waals surface area contributed by atoms with Gasteiger partial charge in [0.05, 0.1) is 6.10 Å². The molecule has 0 aromatic heterocycles. The minimum atomic E-state index is -1.20. The highest BCUT2D eigenvalue weighted by atomic mass is 32.1. The summed E-state index contributed by atoms with van der Waals surface area (Å²) in [4.78, 5) is 45.4. The molecule has 0 bridgehead atoms. The third-order valence-corrected chi connectivity index (χ3v) is 2.97. The number of carboxylic acid groups (broad SMARTS) is 1. The fourth-order valence-electron chi connectivity index (χ4n) is 1.46. The van der Waals surface area contributed by atoms with Crippen LogP contribution in [0.3, 0.4) is 0 Å². The zero-order chi connectivity index (χ0) is 18.0. The molecule has 0 radical (unpaired) electrons. The van der Waals surface area contributed by atoms with Crippen LogP contribution < -0.4 is 16.4 Å². The van der Waals surface area contributed by atoms with Gasteiger partial charge in [-0.15, -0.1) is 0 Å². The Morgan fingerprint density at radius 2 is 1.87 bits per heavy atom. The van der Waals surface area contributed by atoms with E-state index >= 15 is 0 Å². The molecule has 10 heteroatoms. The van der Waals surface area contributed by atoms with Crippen molar-refractivity contribution in [1.29, 1.82) is 0 Å². The van der Waals surface area contributed by atoms with Crippen molar-refractivity contribution in [2.24, 2.45) is 5.73 Å². The number of nitrogens with two attached hydrogens (primary N) is 1. The number of hydrogen-bond donors (Lipinski definition) is 5. The van der Waals surface area contributed by atoms with E-state index in [0.717, 1.165) is 0 Å². The number of amides is 2. The third-order valence-electron chi connectivity index (χ3n) is 2.61. The molecule has 0 unspecified atom stereocenters. The summed E-state index contributed by atoms with van der Waals surface area (Å²) >= 11 is 3.96. The van der Waals surface area contributed by atoms with E-state index in [2.05, 4.69) is 23.3 Å². The molecule has 0 spiro atoms. The molecule has 0 aliphatic carbocycles. The molecule has 0 aromatic carbocycles. The maximum atomic E-state index is 11.8. The number of carboxylic acids is 1. The summed E-state index contributed by atoms with van der Waals surface area (Å²) in [5, 5.41) is 13.3. The van der Waals surface area contributed by atoms with Crippen LogP contribution in [0.4, 0.5) is 0 Å². The smallest absolute Gasteiger partial charge is 0.325 e. The Balaban J connectivity index is 4.26. The molecule has 0 rings (SSSR count). The quantitative estimate of drug-likeness (QED) is 0.242. The molecule has 0 saturated carbocycles. The van der Waals surface area contributed by atoms with Crippen LogP contribution in [0, 0.1) is 0 Å². The Morgan fingerprint density at radius 1 is 1.26 bits per heavy atom. The first-order chi connectivity index (χ1) is 10.7. The van der Waals surface area contributed by atoms with Crippen molar-refractivity contribution in [3.63, 3.8) is 0 Å². The van der Waals surface area contributed by atoms with Crippen molar-refractivity contribution in [1.82, 2.24) is 10.6 Å². The Bertz CT molecular complexity index is 443. The van der Waals surface area contributed by atoms with Gasteiger partial charge in [0.25, 0.3) is 0 Å². The maximum Gasteiger partial charge on any atom is 0.325 e. The summed E-state index contributed by atoms with van der Waals surface area (Å²) in [6.45, 7) is 3.04. The van der Waals surface area contributed by atoms with Gasteiger partial charge < -0.3 is 26.2 Å². The molecule has 9 nitrogen and oxygen atoms in total. The van der Waals surface area contributed by atoms with E-state index in [9.17, 15) is 19.2 Å². The fourth-order valence-corrected chi connectivity index (χ4v) is 1.71. The Labute approximate surface area is 139 Å². The second-order valence-corrected chi connectivity index (χ2v) is 5.41. The van der Waals surface area contributed by atoms with Crippen LogP contribution in [0.1, 0.15) is 26.7 Å². The zero-order valence-corrected chi connectivity index (χ0v) is 14.0. The maximum absolute atomic E-state index is 11.8. The van der Waals surface area contributed by atoms with E-state index in [0.29, 0.717) is 0 Å². The lowest BCUT2D eigenvalue weighted by Gasteiger charge is -2.17. The molecule has 0 heterocycles. The first-order valence-corrected chi connectivity index (χ1v) is 7.66. The highest BCUT2D eigenvalue weighted by Gasteiger charge is 2.21. The first-order valence-electron chi connectivity index (χ1n) is 7.03. The van der Waals surface area contributed by atoms with Gasteiger partial charge in [0.1, 0.15) is 18.6 Å². The predicted molar refractivity (Wildman–Crippen MR) is 84.9 cm³/mol. The van der Waals surface area contributed by atoms with Crippen LogP contribution >= 0.6 is 12.6 Å². The second-order valence-electron chi connectivity index (χ2n) is 5.04. The summed E-state index contributed by atoms with van der Waals surface area (Å²) in [5.41, 5.74) is 5.28. The van der Waals surface area contributed by atoms with Crippen LogP contribution in [0.15, 0.2) is 0 Å². The van der Waals surface area contributed by atoms with Gasteiger partial charge in [-0.2, -0.15) is 12.6 Å². The minimum Gasteiger partial charge on any atom is -0.480 e. The Hall–Kier alpha value is -1.81. The third kappa shape index (κ3) is 9.74. The lowest BCUT2D eigenvalue weighted by molar-refractivity contribution is -0.147. The lowest BCUT2D eigenvalue weighted by atomic mass is 10.1. The topological polar surface area (TPSA) is 148 Å². The number of carbonyl (C=O) groups excluding carboxylic acids is 3. The molecule has 132 valence electrons. The normalized spacial score (nSPS) is 13.1. The van der Waals surface area contributed by atoms with Gasteiger partial charge in [-0.3, -0.25) is 19.2 Å². The van der Waals surface area contributed by atoms with Crippen molar-refractivity contribution in [3.8, 4) is 0 Å². The molecule has 0 saturated heterocycles. The van der Waals surface area contributed by atoms with E-state index in [1.165, 1.54) is 0 Å². The van der Waals surface area contributed by atoms with Gasteiger partial charge in [-0.25, -0.2) is 0 Å². The standard InChI is InChI=1S/C13H23N3O6S/c1-7(2)22-11(18)5-15-12(19)9(6-23)16-10(17)4-3-8(14)13(20)21/h7-9,23H,3-6,14H2,1-2H3,(H,15,19)(H,16,17)(H,20,21)/t8-,9+/m0/s1. The monoisotopic (exact) mass is 349 g/mol. The van der Waals surface area contributed by atoms with Gasteiger partial charge in [0.15, 0.2) is 0 Å². The van der Waals surface area contributed by atoms with Crippen molar-refractivity contribution < 1.29 is 29.0 Å². The molecule has 0 aliphatic heterocycles. The summed E-state index contributed by atoms with van der Waals surface area (Å²) in [6.07, 6.45) is -0.485. The molecule has 2 amide bonds. The van der Waals surface area contributed by atoms with Gasteiger partial charge in [-0.1, -0.05) is 0 Å². The number of aliphatic carboxylic acids is 1. The van der Waals surface area contributed by atoms with Crippen molar-refractivity contribution >= 4 is 36.4 Å². The van der Waals surface area contributed by atoms with Gasteiger partial charge in [-0.05, 0) is 20.3 Å². The molecular weight excluding hydrogens is 326 g/mol. The highest BCUT2D eigenvalue weighted by molar-refractivity contribution is 7.80. The predicted octanol–water partition coefficient (Wildman–Crippen LogP) is -1.34. The highest BCUT2D eigenvalue weighted by Crippen LogP contribution is 1.97. The largest absolute Gasteiger partial charge is 0.480 e. The average Bonchev–Trinajstić information content (AvgIpc) is 2.46. The summed E-state index contributed by atoms with van der Waals surface area (Å²) < 4.78 is 4.85. The summed E-state index contributed by atoms with van der Waals surface area (Å²) in [7, 11) is 0. The number of nitrogens with one attached hydrogen (secondary N) is 2. The lowest BCUT2D eigenvalue weighted by Crippen LogP contribution is -2.49. The second kappa shape index (κ2) is 10.8. The van der Waals surface area contributed by atoms with Crippen LogP contribution in [-0.4, -0.2) is 59.3 Å². The molecule has 5 N–H and O–H groups in total. The SMILES string of the molecule is CC(C)OC(=O)CNC(=O)[C@@H](CS)NC(=O)CC[C@H](N)C(=O)O. The van der Waals surface area contributed by atoms with Gasteiger partial charge in [0, 0.05) is 12.2 Å². The summed E-state index contributed by atoms with van der Waals surface area (Å²) in [5.74, 6) is -2.89. The van der Waals surface area contributed by atoms with Crippen molar-refractivity contribution in [3.05, 3.63) is 0 Å². The number of hydrogen-bond acceptors (Lipinski definition) is 7. The number of rotatable bonds is 10. The number of ether oxygens (including phenoxy) is 1. The van der Waals surface area contributed by atoms with E-state index in [1.807, 2.05) is 0 Å². The Kier molecular flexibility index (Phi) is 9.99. The molecular formula is C13H23N3O6S. The number of carbonyl (C=O) groups is 4. The van der Waals surface area contributed by atoms with E-state index < -0.39 is 35.8 Å². The van der Waals surface area contributed by atoms with Gasteiger partial charge in [0.2, 0.25) is 11.8 Å². The summed E-state index contributed by atoms with van der Waals surface area (Å²) in [6, 6.07) is -2.09. The van der Waals surface area contributed by atoms with Crippen LogP contribution in [0.25, 0.3) is 0 Å². The van der Waals surface area contributed by atoms with E-state index in [1.54, 1.807) is 13.8 Å².